The maximum absolute atomic E-state index is 10.5. The number of nitrogens with one attached hydrogen (secondary N) is 1. The van der Waals surface area contributed by atoms with Crippen LogP contribution in [0.2, 0.25) is 0 Å². The Morgan fingerprint density at radius 1 is 1.67 bits per heavy atom. The average molecular weight is 129 g/mol. The molecule has 0 aliphatic carbocycles. The summed E-state index contributed by atoms with van der Waals surface area (Å²) >= 11 is 0. The first-order chi connectivity index (χ1) is 4.24. The molecule has 4 nitrogen and oxygen atoms in total. The molecule has 1 saturated heterocycles. The van der Waals surface area contributed by atoms with Crippen molar-refractivity contribution in [2.45, 2.75) is 6.42 Å². The normalized spacial score (nSPS) is 26.6. The van der Waals surface area contributed by atoms with Gasteiger partial charge in [-0.25, -0.2) is 0 Å². The lowest BCUT2D eigenvalue weighted by Gasteiger charge is -1.95. The van der Waals surface area contributed by atoms with Gasteiger partial charge in [0.1, 0.15) is 0 Å². The van der Waals surface area contributed by atoms with Crippen molar-refractivity contribution < 1.29 is 14.7 Å². The quantitative estimate of drug-likeness (QED) is 0.430. The molecule has 4 heteroatoms. The molecular weight excluding hydrogens is 122 g/mol. The Kier molecular flexibility index (Phi) is 1.48. The molecule has 1 fully saturated rings. The van der Waals surface area contributed by atoms with Crippen LogP contribution in [0.4, 0.5) is 0 Å². The van der Waals surface area contributed by atoms with Crippen molar-refractivity contribution in [2.75, 3.05) is 6.61 Å². The molecular formula is C5H7NO3. The van der Waals surface area contributed by atoms with Gasteiger partial charge in [0, 0.05) is 6.42 Å². The van der Waals surface area contributed by atoms with E-state index in [-0.39, 0.29) is 24.8 Å². The molecule has 1 heterocycles. The number of rotatable bonds is 1. The van der Waals surface area contributed by atoms with E-state index in [1.165, 1.54) is 0 Å². The van der Waals surface area contributed by atoms with Gasteiger partial charge in [-0.15, -0.1) is 0 Å². The standard InChI is InChI=1S/C5H7NO3/c7-2-3-1-4(8)6-5(3)9/h3,7H,1-2H2,(H,6,8,9)/t3-/m0/s1. The predicted molar refractivity (Wildman–Crippen MR) is 28.3 cm³/mol. The summed E-state index contributed by atoms with van der Waals surface area (Å²) in [4.78, 5) is 20.9. The molecule has 1 aliphatic rings. The van der Waals surface area contributed by atoms with Gasteiger partial charge in [0.15, 0.2) is 0 Å². The lowest BCUT2D eigenvalue weighted by Crippen LogP contribution is -2.23. The summed E-state index contributed by atoms with van der Waals surface area (Å²) in [6.07, 6.45) is 0.134. The molecule has 2 N–H and O–H groups in total. The molecule has 0 aromatic heterocycles. The van der Waals surface area contributed by atoms with Crippen LogP contribution < -0.4 is 5.32 Å². The van der Waals surface area contributed by atoms with E-state index in [0.717, 1.165) is 0 Å². The van der Waals surface area contributed by atoms with Crippen LogP contribution in [0.15, 0.2) is 0 Å². The maximum atomic E-state index is 10.5. The van der Waals surface area contributed by atoms with Crippen LogP contribution in [0, 0.1) is 5.92 Å². The molecule has 0 unspecified atom stereocenters. The molecule has 9 heavy (non-hydrogen) atoms. The third kappa shape index (κ3) is 1.08. The van der Waals surface area contributed by atoms with Gasteiger partial charge in [0.2, 0.25) is 11.8 Å². The molecule has 0 spiro atoms. The lowest BCUT2D eigenvalue weighted by atomic mass is 10.1. The lowest BCUT2D eigenvalue weighted by molar-refractivity contribution is -0.126. The van der Waals surface area contributed by atoms with Crippen LogP contribution in [0.5, 0.6) is 0 Å². The Balaban J connectivity index is 2.58. The summed E-state index contributed by atoms with van der Waals surface area (Å²) in [7, 11) is 0. The summed E-state index contributed by atoms with van der Waals surface area (Å²) in [5.74, 6) is -1.15. The second-order valence-corrected chi connectivity index (χ2v) is 2.00. The highest BCUT2D eigenvalue weighted by Crippen LogP contribution is 2.08. The molecule has 1 atom stereocenters. The minimum Gasteiger partial charge on any atom is -0.396 e. The average Bonchev–Trinajstić information content (AvgIpc) is 2.10. The van der Waals surface area contributed by atoms with Crippen LogP contribution in [-0.4, -0.2) is 23.5 Å². The minimum absolute atomic E-state index is 0.134. The molecule has 2 amide bonds. The van der Waals surface area contributed by atoms with Crippen LogP contribution in [0.25, 0.3) is 0 Å². The number of carbonyl (C=O) groups is 2. The van der Waals surface area contributed by atoms with E-state index >= 15 is 0 Å². The fraction of sp³-hybridized carbons (Fsp3) is 0.600. The number of aliphatic hydroxyl groups excluding tert-OH is 1. The fourth-order valence-corrected chi connectivity index (χ4v) is 0.754. The summed E-state index contributed by atoms with van der Waals surface area (Å²) in [5, 5.41) is 10.5. The van der Waals surface area contributed by atoms with Gasteiger partial charge in [-0.1, -0.05) is 0 Å². The van der Waals surface area contributed by atoms with Crippen molar-refractivity contribution in [3.63, 3.8) is 0 Å². The molecule has 0 bridgehead atoms. The Bertz CT molecular complexity index is 154. The van der Waals surface area contributed by atoms with Crippen LogP contribution in [0.1, 0.15) is 6.42 Å². The van der Waals surface area contributed by atoms with Gasteiger partial charge in [0.25, 0.3) is 0 Å². The Labute approximate surface area is 51.9 Å². The minimum atomic E-state index is -0.502. The number of hydrogen-bond acceptors (Lipinski definition) is 3. The summed E-state index contributed by atoms with van der Waals surface area (Å²) < 4.78 is 0. The van der Waals surface area contributed by atoms with E-state index < -0.39 is 5.92 Å². The zero-order valence-corrected chi connectivity index (χ0v) is 4.76. The SMILES string of the molecule is O=C1C[C@@H](CO)C(=O)N1. The predicted octanol–water partition coefficient (Wildman–Crippen LogP) is -1.36. The fourth-order valence-electron chi connectivity index (χ4n) is 0.754. The number of hydrogen-bond donors (Lipinski definition) is 2. The molecule has 0 radical (unpaired) electrons. The largest absolute Gasteiger partial charge is 0.396 e. The highest BCUT2D eigenvalue weighted by molar-refractivity contribution is 6.03. The maximum Gasteiger partial charge on any atom is 0.232 e. The highest BCUT2D eigenvalue weighted by Gasteiger charge is 2.29. The summed E-state index contributed by atoms with van der Waals surface area (Å²) in [5.41, 5.74) is 0. The van der Waals surface area contributed by atoms with Gasteiger partial charge >= 0.3 is 0 Å². The van der Waals surface area contributed by atoms with E-state index in [1.54, 1.807) is 0 Å². The number of amides is 2. The van der Waals surface area contributed by atoms with E-state index in [4.69, 9.17) is 5.11 Å². The smallest absolute Gasteiger partial charge is 0.232 e. The first-order valence-electron chi connectivity index (χ1n) is 2.68. The summed E-state index contributed by atoms with van der Waals surface area (Å²) in [6.45, 7) is -0.239. The van der Waals surface area contributed by atoms with Gasteiger partial charge in [-0.2, -0.15) is 0 Å². The molecule has 1 aliphatic heterocycles. The Morgan fingerprint density at radius 2 is 2.33 bits per heavy atom. The second-order valence-electron chi connectivity index (χ2n) is 2.00. The van der Waals surface area contributed by atoms with Crippen molar-refractivity contribution in [1.82, 2.24) is 5.32 Å². The third-order valence-corrected chi connectivity index (χ3v) is 1.29. The van der Waals surface area contributed by atoms with E-state index in [1.807, 2.05) is 0 Å². The number of imide groups is 1. The second kappa shape index (κ2) is 2.14. The molecule has 0 aromatic carbocycles. The van der Waals surface area contributed by atoms with Crippen LogP contribution in [0.3, 0.4) is 0 Å². The van der Waals surface area contributed by atoms with E-state index in [9.17, 15) is 9.59 Å². The summed E-state index contributed by atoms with van der Waals surface area (Å²) in [6, 6.07) is 0. The molecule has 1 rings (SSSR count). The van der Waals surface area contributed by atoms with E-state index in [2.05, 4.69) is 5.32 Å². The van der Waals surface area contributed by atoms with Crippen LogP contribution in [-0.2, 0) is 9.59 Å². The van der Waals surface area contributed by atoms with Crippen molar-refractivity contribution in [1.29, 1.82) is 0 Å². The first-order valence-corrected chi connectivity index (χ1v) is 2.68. The monoisotopic (exact) mass is 129 g/mol. The highest BCUT2D eigenvalue weighted by atomic mass is 16.3. The van der Waals surface area contributed by atoms with E-state index in [0.29, 0.717) is 0 Å². The Morgan fingerprint density at radius 3 is 2.56 bits per heavy atom. The Hall–Kier alpha value is -0.900. The van der Waals surface area contributed by atoms with Gasteiger partial charge in [-0.3, -0.25) is 14.9 Å². The topological polar surface area (TPSA) is 66.4 Å². The zero-order chi connectivity index (χ0) is 6.85. The van der Waals surface area contributed by atoms with Crippen molar-refractivity contribution in [2.24, 2.45) is 5.92 Å². The molecule has 50 valence electrons. The van der Waals surface area contributed by atoms with Crippen molar-refractivity contribution in [3.8, 4) is 0 Å². The first kappa shape index (κ1) is 6.22. The zero-order valence-electron chi connectivity index (χ0n) is 4.76. The third-order valence-electron chi connectivity index (χ3n) is 1.29. The van der Waals surface area contributed by atoms with Gasteiger partial charge in [0.05, 0.1) is 12.5 Å². The molecule has 0 saturated carbocycles. The molecule has 0 aromatic rings. The number of carbonyl (C=O) groups excluding carboxylic acids is 2. The van der Waals surface area contributed by atoms with Crippen LogP contribution >= 0.6 is 0 Å². The van der Waals surface area contributed by atoms with Crippen molar-refractivity contribution in [3.05, 3.63) is 0 Å². The van der Waals surface area contributed by atoms with Gasteiger partial charge < -0.3 is 5.11 Å². The van der Waals surface area contributed by atoms with Gasteiger partial charge in [-0.05, 0) is 0 Å². The number of aliphatic hydroxyl groups is 1. The van der Waals surface area contributed by atoms with Crippen molar-refractivity contribution >= 4 is 11.8 Å².